The first-order valence-corrected chi connectivity index (χ1v) is 15.0. The molecule has 216 valence electrons. The van der Waals surface area contributed by atoms with Gasteiger partial charge in [-0.25, -0.2) is 4.79 Å². The predicted molar refractivity (Wildman–Crippen MR) is 151 cm³/mol. The van der Waals surface area contributed by atoms with Crippen molar-refractivity contribution in [3.8, 4) is 0 Å². The summed E-state index contributed by atoms with van der Waals surface area (Å²) in [5, 5.41) is 9.18. The second-order valence-electron chi connectivity index (χ2n) is 10.3. The third kappa shape index (κ3) is 8.03. The minimum absolute atomic E-state index is 0.0598. The molecule has 0 unspecified atom stereocenters. The predicted octanol–water partition coefficient (Wildman–Crippen LogP) is 1.36. The summed E-state index contributed by atoms with van der Waals surface area (Å²) in [6, 6.07) is 13.0. The molecule has 0 radical (unpaired) electrons. The first kappa shape index (κ1) is 29.5. The van der Waals surface area contributed by atoms with Crippen molar-refractivity contribution in [3.63, 3.8) is 0 Å². The van der Waals surface area contributed by atoms with Crippen molar-refractivity contribution in [2.24, 2.45) is 5.92 Å². The molecule has 2 atom stereocenters. The number of methoxy groups -OCH3 is 1. The number of amides is 2. The summed E-state index contributed by atoms with van der Waals surface area (Å²) in [5.74, 6) is -0.694. The van der Waals surface area contributed by atoms with Gasteiger partial charge in [-0.05, 0) is 62.3 Å². The van der Waals surface area contributed by atoms with E-state index >= 15 is 0 Å². The second kappa shape index (κ2) is 13.2. The maximum absolute atomic E-state index is 13.5. The fourth-order valence-corrected chi connectivity index (χ4v) is 5.80. The largest absolute Gasteiger partial charge is 0.465 e. The number of esters is 1. The lowest BCUT2D eigenvalue weighted by atomic mass is 10.0. The SMILES string of the molecule is COC(=O)c1cc(C(=O)N[C@H](CN[C@@H](C)C(=O)NCC2CC2)Cc2ccccc2)cc(N2CCCNS2(=O)=O)c1. The van der Waals surface area contributed by atoms with E-state index in [9.17, 15) is 22.8 Å². The van der Waals surface area contributed by atoms with E-state index in [4.69, 9.17) is 4.74 Å². The minimum Gasteiger partial charge on any atom is -0.465 e. The average molecular weight is 572 g/mol. The van der Waals surface area contributed by atoms with Crippen molar-refractivity contribution in [3.05, 3.63) is 65.2 Å². The third-order valence-corrected chi connectivity index (χ3v) is 8.53. The van der Waals surface area contributed by atoms with Crippen molar-refractivity contribution in [2.45, 2.75) is 44.7 Å². The Hall–Kier alpha value is -3.48. The number of rotatable bonds is 12. The van der Waals surface area contributed by atoms with Crippen molar-refractivity contribution in [2.75, 3.05) is 37.6 Å². The zero-order chi connectivity index (χ0) is 28.7. The highest BCUT2D eigenvalue weighted by atomic mass is 32.2. The van der Waals surface area contributed by atoms with Crippen molar-refractivity contribution in [1.82, 2.24) is 20.7 Å². The van der Waals surface area contributed by atoms with E-state index in [2.05, 4.69) is 20.7 Å². The number of carbonyl (C=O) groups excluding carboxylic acids is 3. The molecule has 2 fully saturated rings. The fourth-order valence-electron chi connectivity index (χ4n) is 4.49. The van der Waals surface area contributed by atoms with E-state index in [1.54, 1.807) is 6.92 Å². The van der Waals surface area contributed by atoms with Crippen molar-refractivity contribution in [1.29, 1.82) is 0 Å². The van der Waals surface area contributed by atoms with E-state index in [0.717, 1.165) is 22.7 Å². The number of carbonyl (C=O) groups is 3. The molecule has 4 rings (SSSR count). The fraction of sp³-hybridized carbons (Fsp3) is 0.464. The van der Waals surface area contributed by atoms with Crippen molar-refractivity contribution < 1.29 is 27.5 Å². The van der Waals surface area contributed by atoms with Gasteiger partial charge >= 0.3 is 16.2 Å². The molecule has 1 saturated heterocycles. The van der Waals surface area contributed by atoms with Crippen LogP contribution in [0.3, 0.4) is 0 Å². The molecular formula is C28H37N5O6S. The standard InChI is InChI=1S/C28H37N5O6S/c1-19(26(34)30-17-21-9-10-21)29-18-24(13-20-7-4-3-5-8-20)32-27(35)22-14-23(28(36)39-2)16-25(15-22)33-12-6-11-31-40(33,37)38/h3-5,7-8,14-16,19,21,24,29,31H,6,9-13,17-18H2,1-2H3,(H,30,34)(H,32,35)/t19-,24-/m0/s1. The lowest BCUT2D eigenvalue weighted by Crippen LogP contribution is -2.50. The molecule has 1 heterocycles. The van der Waals surface area contributed by atoms with Gasteiger partial charge in [-0.15, -0.1) is 0 Å². The van der Waals surface area contributed by atoms with Crippen molar-refractivity contribution >= 4 is 33.7 Å². The van der Waals surface area contributed by atoms with Crippen LogP contribution in [-0.4, -0.2) is 71.6 Å². The summed E-state index contributed by atoms with van der Waals surface area (Å²) < 4.78 is 33.8. The highest BCUT2D eigenvalue weighted by Gasteiger charge is 2.28. The van der Waals surface area contributed by atoms with Gasteiger partial charge in [-0.1, -0.05) is 30.3 Å². The number of nitrogens with one attached hydrogen (secondary N) is 4. The maximum atomic E-state index is 13.5. The molecule has 1 aliphatic heterocycles. The van der Waals surface area contributed by atoms with Gasteiger partial charge in [0.05, 0.1) is 24.4 Å². The minimum atomic E-state index is -3.81. The molecule has 2 aromatic rings. The lowest BCUT2D eigenvalue weighted by Gasteiger charge is -2.29. The second-order valence-corrected chi connectivity index (χ2v) is 11.9. The molecule has 2 aliphatic rings. The van der Waals surface area contributed by atoms with Crippen LogP contribution in [0.4, 0.5) is 5.69 Å². The van der Waals surface area contributed by atoms with Gasteiger partial charge in [-0.2, -0.15) is 13.1 Å². The summed E-state index contributed by atoms with van der Waals surface area (Å²) >= 11 is 0. The molecule has 1 saturated carbocycles. The van der Waals surface area contributed by atoms with Crippen LogP contribution in [0.25, 0.3) is 0 Å². The van der Waals surface area contributed by atoms with Gasteiger partial charge in [0.25, 0.3) is 5.91 Å². The van der Waals surface area contributed by atoms with Crippen LogP contribution in [-0.2, 0) is 26.2 Å². The smallest absolute Gasteiger partial charge is 0.337 e. The quantitative estimate of drug-likeness (QED) is 0.282. The van der Waals surface area contributed by atoms with Gasteiger partial charge < -0.3 is 20.7 Å². The topological polar surface area (TPSA) is 146 Å². The molecular weight excluding hydrogens is 534 g/mol. The third-order valence-electron chi connectivity index (χ3n) is 6.99. The maximum Gasteiger partial charge on any atom is 0.337 e. The number of nitrogens with zero attached hydrogens (tertiary/aromatic N) is 1. The average Bonchev–Trinajstić information content (AvgIpc) is 3.78. The number of hydrogen-bond acceptors (Lipinski definition) is 7. The summed E-state index contributed by atoms with van der Waals surface area (Å²) in [6.45, 7) is 3.29. The molecule has 0 spiro atoms. The van der Waals surface area contributed by atoms with E-state index in [0.29, 0.717) is 38.4 Å². The zero-order valence-electron chi connectivity index (χ0n) is 22.8. The summed E-state index contributed by atoms with van der Waals surface area (Å²) in [7, 11) is -2.59. The Bertz CT molecular complexity index is 1320. The van der Waals surface area contributed by atoms with Gasteiger partial charge in [0.2, 0.25) is 5.91 Å². The van der Waals surface area contributed by atoms with Gasteiger partial charge in [0.15, 0.2) is 0 Å². The van der Waals surface area contributed by atoms with E-state index in [-0.39, 0.29) is 29.3 Å². The Morgan fingerprint density at radius 1 is 1.10 bits per heavy atom. The number of ether oxygens (including phenoxy) is 1. The van der Waals surface area contributed by atoms with E-state index in [1.165, 1.54) is 25.3 Å². The van der Waals surface area contributed by atoms with Crippen LogP contribution in [0, 0.1) is 5.92 Å². The summed E-state index contributed by atoms with van der Waals surface area (Å²) in [5.41, 5.74) is 1.37. The molecule has 2 aromatic carbocycles. The van der Waals surface area contributed by atoms with E-state index < -0.39 is 34.2 Å². The number of benzene rings is 2. The zero-order valence-corrected chi connectivity index (χ0v) is 23.6. The van der Waals surface area contributed by atoms with E-state index in [1.807, 2.05) is 30.3 Å². The van der Waals surface area contributed by atoms with Gasteiger partial charge in [0.1, 0.15) is 0 Å². The monoisotopic (exact) mass is 571 g/mol. The van der Waals surface area contributed by atoms with Crippen LogP contribution in [0.15, 0.2) is 48.5 Å². The molecule has 4 N–H and O–H groups in total. The summed E-state index contributed by atoms with van der Waals surface area (Å²) in [6.07, 6.45) is 3.35. The molecule has 0 aromatic heterocycles. The Kier molecular flexibility index (Phi) is 9.77. The first-order valence-electron chi connectivity index (χ1n) is 13.5. The van der Waals surface area contributed by atoms with Crippen LogP contribution in [0.1, 0.15) is 52.5 Å². The normalized spacial score (nSPS) is 17.9. The molecule has 11 nitrogen and oxygen atoms in total. The highest BCUT2D eigenvalue weighted by Crippen LogP contribution is 2.27. The van der Waals surface area contributed by atoms with Gasteiger partial charge in [0, 0.05) is 37.8 Å². The van der Waals surface area contributed by atoms with Crippen LogP contribution in [0.2, 0.25) is 0 Å². The Balaban J connectivity index is 1.53. The van der Waals surface area contributed by atoms with Crippen LogP contribution < -0.4 is 25.0 Å². The Morgan fingerprint density at radius 3 is 2.50 bits per heavy atom. The molecule has 0 bridgehead atoms. The summed E-state index contributed by atoms with van der Waals surface area (Å²) in [4.78, 5) is 38.4. The van der Waals surface area contributed by atoms with Crippen LogP contribution in [0.5, 0.6) is 0 Å². The molecule has 40 heavy (non-hydrogen) atoms. The molecule has 1 aliphatic carbocycles. The lowest BCUT2D eigenvalue weighted by molar-refractivity contribution is -0.122. The van der Waals surface area contributed by atoms with Gasteiger partial charge in [-0.3, -0.25) is 13.9 Å². The Morgan fingerprint density at radius 2 is 1.82 bits per heavy atom. The molecule has 12 heteroatoms. The first-order chi connectivity index (χ1) is 19.2. The van der Waals surface area contributed by atoms with Crippen LogP contribution >= 0.6 is 0 Å². The number of hydrogen-bond donors (Lipinski definition) is 4. The Labute approximate surface area is 235 Å². The highest BCUT2D eigenvalue weighted by molar-refractivity contribution is 7.90. The number of anilines is 1. The molecule has 2 amide bonds.